The Balaban J connectivity index is 2.13. The summed E-state index contributed by atoms with van der Waals surface area (Å²) in [5, 5.41) is 11.0. The molecule has 2 heterocycles. The van der Waals surface area contributed by atoms with Crippen molar-refractivity contribution in [2.45, 2.75) is 33.4 Å². The van der Waals surface area contributed by atoms with E-state index in [0.29, 0.717) is 24.5 Å². The molecule has 0 bridgehead atoms. The summed E-state index contributed by atoms with van der Waals surface area (Å²) in [5.41, 5.74) is 1.01. The fourth-order valence-corrected chi connectivity index (χ4v) is 1.85. The predicted molar refractivity (Wildman–Crippen MR) is 72.4 cm³/mol. The van der Waals surface area contributed by atoms with E-state index in [2.05, 4.69) is 15.6 Å². The first-order valence-corrected chi connectivity index (χ1v) is 6.41. The third kappa shape index (κ3) is 3.14. The van der Waals surface area contributed by atoms with Crippen LogP contribution in [0.4, 0.5) is 5.69 Å². The van der Waals surface area contributed by atoms with Crippen molar-refractivity contribution in [3.05, 3.63) is 39.1 Å². The lowest BCUT2D eigenvalue weighted by Crippen LogP contribution is -2.24. The van der Waals surface area contributed by atoms with Crippen LogP contribution in [0.25, 0.3) is 0 Å². The largest absolute Gasteiger partial charge is 0.375 e. The molecular formula is C12H15ClN4O2. The van der Waals surface area contributed by atoms with Crippen LogP contribution in [-0.2, 0) is 13.1 Å². The highest BCUT2D eigenvalue weighted by Crippen LogP contribution is 2.16. The van der Waals surface area contributed by atoms with E-state index in [1.54, 1.807) is 6.20 Å². The standard InChI is InChI=1S/C12H15ClN4O2/c1-3-4-17-12(18)11(13)10(7-15-17)14-6-9-5-8(2)16-19-9/h5,7,14H,3-4,6H2,1-2H3. The highest BCUT2D eigenvalue weighted by atomic mass is 35.5. The zero-order valence-corrected chi connectivity index (χ0v) is 11.6. The molecule has 2 rings (SSSR count). The molecule has 0 saturated carbocycles. The smallest absolute Gasteiger partial charge is 0.287 e. The van der Waals surface area contributed by atoms with E-state index in [4.69, 9.17) is 16.1 Å². The van der Waals surface area contributed by atoms with Crippen molar-refractivity contribution >= 4 is 17.3 Å². The fourth-order valence-electron chi connectivity index (χ4n) is 1.64. The topological polar surface area (TPSA) is 73.0 Å². The number of aryl methyl sites for hydroxylation is 2. The second-order valence-electron chi connectivity index (χ2n) is 4.19. The minimum atomic E-state index is -0.290. The Morgan fingerprint density at radius 3 is 2.95 bits per heavy atom. The van der Waals surface area contributed by atoms with Gasteiger partial charge in [0.15, 0.2) is 5.76 Å². The zero-order chi connectivity index (χ0) is 13.8. The van der Waals surface area contributed by atoms with Gasteiger partial charge < -0.3 is 9.84 Å². The van der Waals surface area contributed by atoms with E-state index in [0.717, 1.165) is 12.1 Å². The van der Waals surface area contributed by atoms with Crippen molar-refractivity contribution < 1.29 is 4.52 Å². The normalized spacial score (nSPS) is 10.7. The summed E-state index contributed by atoms with van der Waals surface area (Å²) in [6, 6.07) is 1.81. The maximum Gasteiger partial charge on any atom is 0.287 e. The summed E-state index contributed by atoms with van der Waals surface area (Å²) in [4.78, 5) is 11.9. The number of rotatable bonds is 5. The first kappa shape index (κ1) is 13.6. The molecule has 0 spiro atoms. The van der Waals surface area contributed by atoms with Crippen LogP contribution in [0.3, 0.4) is 0 Å². The van der Waals surface area contributed by atoms with E-state index in [1.807, 2.05) is 19.9 Å². The quantitative estimate of drug-likeness (QED) is 0.910. The van der Waals surface area contributed by atoms with Gasteiger partial charge in [0.1, 0.15) is 5.02 Å². The fraction of sp³-hybridized carbons (Fsp3) is 0.417. The van der Waals surface area contributed by atoms with Gasteiger partial charge in [-0.2, -0.15) is 5.10 Å². The van der Waals surface area contributed by atoms with E-state index in [1.165, 1.54) is 4.68 Å². The first-order chi connectivity index (χ1) is 9.11. The van der Waals surface area contributed by atoms with Crippen LogP contribution in [0.5, 0.6) is 0 Å². The van der Waals surface area contributed by atoms with Crippen LogP contribution in [-0.4, -0.2) is 14.9 Å². The van der Waals surface area contributed by atoms with E-state index in [-0.39, 0.29) is 10.6 Å². The lowest BCUT2D eigenvalue weighted by atomic mass is 10.3. The third-order valence-electron chi connectivity index (χ3n) is 2.55. The molecule has 2 aromatic rings. The Labute approximate surface area is 115 Å². The molecule has 6 nitrogen and oxygen atoms in total. The number of hydrogen-bond donors (Lipinski definition) is 1. The average molecular weight is 283 g/mol. The molecule has 1 N–H and O–H groups in total. The minimum Gasteiger partial charge on any atom is -0.375 e. The molecule has 0 atom stereocenters. The highest BCUT2D eigenvalue weighted by Gasteiger charge is 2.09. The molecule has 0 aliphatic rings. The van der Waals surface area contributed by atoms with Crippen LogP contribution < -0.4 is 10.9 Å². The van der Waals surface area contributed by atoms with Crippen LogP contribution in [0, 0.1) is 6.92 Å². The molecule has 0 aliphatic heterocycles. The maximum atomic E-state index is 11.9. The number of nitrogens with one attached hydrogen (secondary N) is 1. The van der Waals surface area contributed by atoms with Crippen molar-refractivity contribution in [1.29, 1.82) is 0 Å². The van der Waals surface area contributed by atoms with Crippen molar-refractivity contribution in [3.8, 4) is 0 Å². The number of aromatic nitrogens is 3. The van der Waals surface area contributed by atoms with Gasteiger partial charge in [0.2, 0.25) is 0 Å². The molecule has 102 valence electrons. The molecule has 2 aromatic heterocycles. The van der Waals surface area contributed by atoms with Crippen molar-refractivity contribution in [2.75, 3.05) is 5.32 Å². The second-order valence-corrected chi connectivity index (χ2v) is 4.57. The maximum absolute atomic E-state index is 11.9. The molecule has 0 aromatic carbocycles. The van der Waals surface area contributed by atoms with E-state index in [9.17, 15) is 4.79 Å². The summed E-state index contributed by atoms with van der Waals surface area (Å²) in [6.45, 7) is 4.77. The van der Waals surface area contributed by atoms with Crippen LogP contribution in [0.1, 0.15) is 24.8 Å². The van der Waals surface area contributed by atoms with Gasteiger partial charge in [-0.1, -0.05) is 23.7 Å². The monoisotopic (exact) mass is 282 g/mol. The van der Waals surface area contributed by atoms with Gasteiger partial charge in [-0.3, -0.25) is 4.79 Å². The average Bonchev–Trinajstić information content (AvgIpc) is 2.80. The Hall–Kier alpha value is -1.82. The molecule has 0 aliphatic carbocycles. The summed E-state index contributed by atoms with van der Waals surface area (Å²) < 4.78 is 6.41. The second kappa shape index (κ2) is 5.88. The van der Waals surface area contributed by atoms with Gasteiger partial charge in [-0.15, -0.1) is 0 Å². The molecule has 0 fully saturated rings. The Bertz CT molecular complexity index is 620. The van der Waals surface area contributed by atoms with Gasteiger partial charge >= 0.3 is 0 Å². The first-order valence-electron chi connectivity index (χ1n) is 6.03. The van der Waals surface area contributed by atoms with Crippen molar-refractivity contribution in [3.63, 3.8) is 0 Å². The van der Waals surface area contributed by atoms with E-state index >= 15 is 0 Å². The van der Waals surface area contributed by atoms with Crippen molar-refractivity contribution in [2.24, 2.45) is 0 Å². The van der Waals surface area contributed by atoms with Gasteiger partial charge in [0.05, 0.1) is 24.1 Å². The van der Waals surface area contributed by atoms with Gasteiger partial charge in [-0.25, -0.2) is 4.68 Å². The summed E-state index contributed by atoms with van der Waals surface area (Å²) in [5.74, 6) is 0.673. The van der Waals surface area contributed by atoms with Gasteiger partial charge in [-0.05, 0) is 13.3 Å². The number of anilines is 1. The number of nitrogens with zero attached hydrogens (tertiary/aromatic N) is 3. The third-order valence-corrected chi connectivity index (χ3v) is 2.92. The molecular weight excluding hydrogens is 268 g/mol. The van der Waals surface area contributed by atoms with Crippen LogP contribution >= 0.6 is 11.6 Å². The molecule has 7 heteroatoms. The van der Waals surface area contributed by atoms with Crippen LogP contribution in [0.15, 0.2) is 21.6 Å². The Morgan fingerprint density at radius 1 is 1.53 bits per heavy atom. The lowest BCUT2D eigenvalue weighted by molar-refractivity contribution is 0.384. The molecule has 19 heavy (non-hydrogen) atoms. The highest BCUT2D eigenvalue weighted by molar-refractivity contribution is 6.32. The summed E-state index contributed by atoms with van der Waals surface area (Å²) >= 11 is 6.02. The number of halogens is 1. The number of hydrogen-bond acceptors (Lipinski definition) is 5. The minimum absolute atomic E-state index is 0.139. The van der Waals surface area contributed by atoms with Gasteiger partial charge in [0.25, 0.3) is 5.56 Å². The van der Waals surface area contributed by atoms with Crippen molar-refractivity contribution in [1.82, 2.24) is 14.9 Å². The molecule has 0 saturated heterocycles. The summed E-state index contributed by atoms with van der Waals surface area (Å²) in [7, 11) is 0. The Kier molecular flexibility index (Phi) is 4.21. The SMILES string of the molecule is CCCn1ncc(NCc2cc(C)no2)c(Cl)c1=O. The predicted octanol–water partition coefficient (Wildman–Crippen LogP) is 2.22. The van der Waals surface area contributed by atoms with Gasteiger partial charge in [0, 0.05) is 12.6 Å². The molecule has 0 unspecified atom stereocenters. The van der Waals surface area contributed by atoms with E-state index < -0.39 is 0 Å². The summed E-state index contributed by atoms with van der Waals surface area (Å²) in [6.07, 6.45) is 2.37. The lowest BCUT2D eigenvalue weighted by Gasteiger charge is -2.08. The molecule has 0 radical (unpaired) electrons. The Morgan fingerprint density at radius 2 is 2.32 bits per heavy atom. The molecule has 0 amide bonds. The zero-order valence-electron chi connectivity index (χ0n) is 10.8. The van der Waals surface area contributed by atoms with Crippen LogP contribution in [0.2, 0.25) is 5.02 Å².